The lowest BCUT2D eigenvalue weighted by Gasteiger charge is -2.34. The van der Waals surface area contributed by atoms with E-state index in [0.717, 1.165) is 45.4 Å². The van der Waals surface area contributed by atoms with Gasteiger partial charge >= 0.3 is 0 Å². The van der Waals surface area contributed by atoms with Crippen molar-refractivity contribution in [3.05, 3.63) is 38.9 Å². The topological polar surface area (TPSA) is 105 Å². The van der Waals surface area contributed by atoms with Crippen molar-refractivity contribution >= 4 is 49.8 Å². The van der Waals surface area contributed by atoms with E-state index in [0.29, 0.717) is 31.1 Å². The molecule has 0 bridgehead atoms. The number of carbonyl (C=O) groups is 1. The van der Waals surface area contributed by atoms with Gasteiger partial charge in [-0.15, -0.1) is 5.10 Å². The molecular formula is C17H18N6O3S2. The van der Waals surface area contributed by atoms with Crippen LogP contribution < -0.4 is 4.90 Å². The third-order valence-corrected chi connectivity index (χ3v) is 6.48. The average molecular weight is 419 g/mol. The molecule has 0 aliphatic carbocycles. The lowest BCUT2D eigenvalue weighted by atomic mass is 10.2. The molecule has 1 saturated heterocycles. The van der Waals surface area contributed by atoms with Crippen LogP contribution in [-0.2, 0) is 6.42 Å². The maximum atomic E-state index is 12.8. The number of nitrogens with zero attached hydrogens (tertiary/aromatic N) is 6. The molecule has 146 valence electrons. The number of fused-ring (bicyclic) bond motifs is 1. The van der Waals surface area contributed by atoms with Crippen molar-refractivity contribution in [1.82, 2.24) is 19.5 Å². The molecule has 0 radical (unpaired) electrons. The fourth-order valence-corrected chi connectivity index (χ4v) is 4.89. The number of nitro groups is 1. The standard InChI is InChI=1S/C17H18N6O3S2/c1-2-3-13-15(28-20-19-13)16(24)21-6-8-22(9-7-21)17-18-12-5-4-11(23(25)26)10-14(12)27-17/h4-5,10H,2-3,6-9H2,1H3. The van der Waals surface area contributed by atoms with Gasteiger partial charge < -0.3 is 9.80 Å². The zero-order chi connectivity index (χ0) is 19.7. The Hall–Kier alpha value is -2.66. The highest BCUT2D eigenvalue weighted by Crippen LogP contribution is 2.32. The van der Waals surface area contributed by atoms with E-state index in [2.05, 4.69) is 26.4 Å². The fraction of sp³-hybridized carbons (Fsp3) is 0.412. The smallest absolute Gasteiger partial charge is 0.270 e. The number of hydrogen-bond donors (Lipinski definition) is 0. The van der Waals surface area contributed by atoms with Crippen molar-refractivity contribution in [2.24, 2.45) is 0 Å². The lowest BCUT2D eigenvalue weighted by Crippen LogP contribution is -2.48. The minimum Gasteiger partial charge on any atom is -0.345 e. The predicted molar refractivity (Wildman–Crippen MR) is 108 cm³/mol. The molecular weight excluding hydrogens is 400 g/mol. The zero-order valence-electron chi connectivity index (χ0n) is 15.2. The number of non-ortho nitro benzene ring substituents is 1. The summed E-state index contributed by atoms with van der Waals surface area (Å²) in [5, 5.41) is 15.9. The highest BCUT2D eigenvalue weighted by Gasteiger charge is 2.27. The maximum absolute atomic E-state index is 12.8. The van der Waals surface area contributed by atoms with Crippen LogP contribution in [0.3, 0.4) is 0 Å². The third kappa shape index (κ3) is 3.54. The summed E-state index contributed by atoms with van der Waals surface area (Å²) in [5.74, 6) is -0.00183. The average Bonchev–Trinajstić information content (AvgIpc) is 3.34. The Labute approximate surface area is 168 Å². The van der Waals surface area contributed by atoms with E-state index < -0.39 is 4.92 Å². The number of aryl methyl sites for hydroxylation is 1. The van der Waals surface area contributed by atoms with Crippen LogP contribution in [0.1, 0.15) is 28.7 Å². The Morgan fingerprint density at radius 3 is 2.79 bits per heavy atom. The number of amides is 1. The van der Waals surface area contributed by atoms with Crippen molar-refractivity contribution in [2.75, 3.05) is 31.1 Å². The first-order valence-corrected chi connectivity index (χ1v) is 10.6. The third-order valence-electron chi connectivity index (χ3n) is 4.65. The van der Waals surface area contributed by atoms with E-state index in [1.54, 1.807) is 12.1 Å². The van der Waals surface area contributed by atoms with Gasteiger partial charge in [-0.3, -0.25) is 14.9 Å². The molecule has 1 fully saturated rings. The molecule has 28 heavy (non-hydrogen) atoms. The summed E-state index contributed by atoms with van der Waals surface area (Å²) < 4.78 is 4.73. The number of hydrogen-bond acceptors (Lipinski definition) is 9. The molecule has 1 aliphatic heterocycles. The summed E-state index contributed by atoms with van der Waals surface area (Å²) >= 11 is 2.60. The van der Waals surface area contributed by atoms with Gasteiger partial charge in [0, 0.05) is 38.3 Å². The molecule has 11 heteroatoms. The summed E-state index contributed by atoms with van der Waals surface area (Å²) in [4.78, 5) is 32.5. The summed E-state index contributed by atoms with van der Waals surface area (Å²) in [6, 6.07) is 4.71. The highest BCUT2D eigenvalue weighted by atomic mass is 32.1. The zero-order valence-corrected chi connectivity index (χ0v) is 16.8. The van der Waals surface area contributed by atoms with E-state index in [4.69, 9.17) is 0 Å². The van der Waals surface area contributed by atoms with Crippen LogP contribution in [-0.4, -0.2) is 56.5 Å². The first-order valence-electron chi connectivity index (χ1n) is 8.97. The SMILES string of the molecule is CCCc1nnsc1C(=O)N1CCN(c2nc3ccc([N+](=O)[O-])cc3s2)CC1. The van der Waals surface area contributed by atoms with Crippen LogP contribution in [0.15, 0.2) is 18.2 Å². The second-order valence-electron chi connectivity index (χ2n) is 6.48. The van der Waals surface area contributed by atoms with Gasteiger partial charge in [0.15, 0.2) is 5.13 Å². The molecule has 0 N–H and O–H groups in total. The van der Waals surface area contributed by atoms with Crippen LogP contribution in [0.5, 0.6) is 0 Å². The normalized spacial score (nSPS) is 14.6. The predicted octanol–water partition coefficient (Wildman–Crippen LogP) is 2.97. The van der Waals surface area contributed by atoms with E-state index in [-0.39, 0.29) is 11.6 Å². The van der Waals surface area contributed by atoms with Crippen LogP contribution in [0.25, 0.3) is 10.2 Å². The number of piperazine rings is 1. The van der Waals surface area contributed by atoms with Gasteiger partial charge in [-0.2, -0.15) is 0 Å². The monoisotopic (exact) mass is 418 g/mol. The number of carbonyl (C=O) groups excluding carboxylic acids is 1. The van der Waals surface area contributed by atoms with Gasteiger partial charge in [-0.1, -0.05) is 29.2 Å². The molecule has 4 rings (SSSR count). The van der Waals surface area contributed by atoms with Gasteiger partial charge in [0.05, 0.1) is 20.8 Å². The van der Waals surface area contributed by atoms with E-state index in [1.807, 2.05) is 4.90 Å². The maximum Gasteiger partial charge on any atom is 0.270 e. The number of thiazole rings is 1. The number of anilines is 1. The number of rotatable bonds is 5. The largest absolute Gasteiger partial charge is 0.345 e. The van der Waals surface area contributed by atoms with Crippen molar-refractivity contribution in [3.63, 3.8) is 0 Å². The first kappa shape index (κ1) is 18.7. The molecule has 1 aliphatic rings. The molecule has 1 aromatic carbocycles. The Kier molecular flexibility index (Phi) is 5.18. The number of aromatic nitrogens is 3. The minimum atomic E-state index is -0.399. The lowest BCUT2D eigenvalue weighted by molar-refractivity contribution is -0.384. The summed E-state index contributed by atoms with van der Waals surface area (Å²) in [5.41, 5.74) is 1.61. The Morgan fingerprint density at radius 2 is 2.07 bits per heavy atom. The van der Waals surface area contributed by atoms with Crippen molar-refractivity contribution in [3.8, 4) is 0 Å². The van der Waals surface area contributed by atoms with Gasteiger partial charge in [-0.05, 0) is 24.0 Å². The summed E-state index contributed by atoms with van der Waals surface area (Å²) in [7, 11) is 0. The highest BCUT2D eigenvalue weighted by molar-refractivity contribution is 7.22. The van der Waals surface area contributed by atoms with Crippen molar-refractivity contribution < 1.29 is 9.72 Å². The molecule has 3 aromatic rings. The van der Waals surface area contributed by atoms with Gasteiger partial charge in [0.25, 0.3) is 11.6 Å². The first-order chi connectivity index (χ1) is 13.6. The van der Waals surface area contributed by atoms with Crippen molar-refractivity contribution in [1.29, 1.82) is 0 Å². The molecule has 3 heterocycles. The second kappa shape index (κ2) is 7.76. The molecule has 0 saturated carbocycles. The van der Waals surface area contributed by atoms with E-state index >= 15 is 0 Å². The summed E-state index contributed by atoms with van der Waals surface area (Å²) in [6.07, 6.45) is 1.69. The minimum absolute atomic E-state index is 0.00183. The van der Waals surface area contributed by atoms with Crippen LogP contribution in [0, 0.1) is 10.1 Å². The molecule has 0 unspecified atom stereocenters. The quantitative estimate of drug-likeness (QED) is 0.463. The van der Waals surface area contributed by atoms with E-state index in [9.17, 15) is 14.9 Å². The Balaban J connectivity index is 1.45. The van der Waals surface area contributed by atoms with Gasteiger partial charge in [-0.25, -0.2) is 4.98 Å². The van der Waals surface area contributed by atoms with Gasteiger partial charge in [0.2, 0.25) is 0 Å². The molecule has 2 aromatic heterocycles. The van der Waals surface area contributed by atoms with Crippen LogP contribution in [0.2, 0.25) is 0 Å². The van der Waals surface area contributed by atoms with Crippen molar-refractivity contribution in [2.45, 2.75) is 19.8 Å². The summed E-state index contributed by atoms with van der Waals surface area (Å²) in [6.45, 7) is 4.59. The Bertz CT molecular complexity index is 1030. The fourth-order valence-electron chi connectivity index (χ4n) is 3.17. The second-order valence-corrected chi connectivity index (χ2v) is 8.25. The van der Waals surface area contributed by atoms with Gasteiger partial charge in [0.1, 0.15) is 4.88 Å². The van der Waals surface area contributed by atoms with Crippen LogP contribution >= 0.6 is 22.9 Å². The molecule has 0 spiro atoms. The van der Waals surface area contributed by atoms with E-state index in [1.165, 1.54) is 17.4 Å². The molecule has 9 nitrogen and oxygen atoms in total. The molecule has 0 atom stereocenters. The number of nitro benzene ring substituents is 1. The Morgan fingerprint density at radius 1 is 1.29 bits per heavy atom. The molecule has 1 amide bonds. The van der Waals surface area contributed by atoms with Crippen LogP contribution in [0.4, 0.5) is 10.8 Å². The number of benzene rings is 1.